The first-order valence-electron chi connectivity index (χ1n) is 5.51. The Morgan fingerprint density at radius 2 is 1.75 bits per heavy atom. The van der Waals surface area contributed by atoms with Crippen LogP contribution < -0.4 is 5.32 Å². The molecule has 2 nitrogen and oxygen atoms in total. The van der Waals surface area contributed by atoms with Crippen molar-refractivity contribution in [3.8, 4) is 0 Å². The van der Waals surface area contributed by atoms with Crippen molar-refractivity contribution in [3.63, 3.8) is 0 Å². The molecule has 1 N–H and O–H groups in total. The highest BCUT2D eigenvalue weighted by molar-refractivity contribution is 5.38. The molecule has 0 fully saturated rings. The molecule has 0 aliphatic heterocycles. The van der Waals surface area contributed by atoms with Gasteiger partial charge < -0.3 is 5.32 Å². The second kappa shape index (κ2) is 4.79. The number of hydrogen-bond acceptors (Lipinski definition) is 2. The van der Waals surface area contributed by atoms with E-state index in [0.29, 0.717) is 0 Å². The monoisotopic (exact) mass is 212 g/mol. The molecular formula is C14H16N2. The second-order valence-electron chi connectivity index (χ2n) is 3.94. The number of nitrogens with one attached hydrogen (secondary N) is 1. The standard InChI is InChI=1S/C14H16N2/c1-11-7-6-10-14(15-11)16-12(2)13-8-4-3-5-9-13/h3-10,12H,1-2H3,(H,15,16)/t12-/m1/s1. The van der Waals surface area contributed by atoms with Gasteiger partial charge in [0.05, 0.1) is 0 Å². The topological polar surface area (TPSA) is 24.9 Å². The first-order chi connectivity index (χ1) is 7.75. The third-order valence-corrected chi connectivity index (χ3v) is 2.55. The molecule has 1 heterocycles. The number of nitrogens with zero attached hydrogens (tertiary/aromatic N) is 1. The molecule has 0 amide bonds. The van der Waals surface area contributed by atoms with E-state index in [-0.39, 0.29) is 6.04 Å². The first kappa shape index (κ1) is 10.7. The van der Waals surface area contributed by atoms with Gasteiger partial charge in [-0.2, -0.15) is 0 Å². The molecule has 0 saturated heterocycles. The molecule has 1 aromatic heterocycles. The molecule has 0 radical (unpaired) electrons. The average molecular weight is 212 g/mol. The molecule has 2 heteroatoms. The second-order valence-corrected chi connectivity index (χ2v) is 3.94. The Kier molecular flexibility index (Phi) is 3.20. The maximum atomic E-state index is 4.43. The highest BCUT2D eigenvalue weighted by Gasteiger charge is 2.04. The minimum Gasteiger partial charge on any atom is -0.364 e. The van der Waals surface area contributed by atoms with Crippen LogP contribution in [0.15, 0.2) is 48.5 Å². The highest BCUT2D eigenvalue weighted by atomic mass is 15.0. The number of pyridine rings is 1. The van der Waals surface area contributed by atoms with Crippen molar-refractivity contribution in [2.45, 2.75) is 19.9 Å². The van der Waals surface area contributed by atoms with Gasteiger partial charge >= 0.3 is 0 Å². The molecule has 1 aromatic carbocycles. The molecule has 16 heavy (non-hydrogen) atoms. The number of aryl methyl sites for hydroxylation is 1. The maximum absolute atomic E-state index is 4.43. The fourth-order valence-corrected chi connectivity index (χ4v) is 1.67. The van der Waals surface area contributed by atoms with Gasteiger partial charge in [0.15, 0.2) is 0 Å². The maximum Gasteiger partial charge on any atom is 0.126 e. The van der Waals surface area contributed by atoms with Crippen LogP contribution in [0.1, 0.15) is 24.2 Å². The zero-order valence-corrected chi connectivity index (χ0v) is 9.64. The van der Waals surface area contributed by atoms with Crippen LogP contribution in [0.4, 0.5) is 5.82 Å². The van der Waals surface area contributed by atoms with Gasteiger partial charge in [0, 0.05) is 11.7 Å². The lowest BCUT2D eigenvalue weighted by atomic mass is 10.1. The number of rotatable bonds is 3. The summed E-state index contributed by atoms with van der Waals surface area (Å²) in [5, 5.41) is 3.39. The molecule has 0 bridgehead atoms. The van der Waals surface area contributed by atoms with Crippen LogP contribution in [-0.4, -0.2) is 4.98 Å². The van der Waals surface area contributed by atoms with Crippen LogP contribution in [0.3, 0.4) is 0 Å². The zero-order chi connectivity index (χ0) is 11.4. The summed E-state index contributed by atoms with van der Waals surface area (Å²) in [5.41, 5.74) is 2.30. The predicted molar refractivity (Wildman–Crippen MR) is 67.5 cm³/mol. The summed E-state index contributed by atoms with van der Waals surface area (Å²) in [6.07, 6.45) is 0. The third kappa shape index (κ3) is 2.60. The van der Waals surface area contributed by atoms with Crippen LogP contribution in [0.5, 0.6) is 0 Å². The Morgan fingerprint density at radius 1 is 1.00 bits per heavy atom. The van der Waals surface area contributed by atoms with Crippen molar-refractivity contribution in [1.82, 2.24) is 4.98 Å². The fourth-order valence-electron chi connectivity index (χ4n) is 1.67. The van der Waals surface area contributed by atoms with E-state index in [0.717, 1.165) is 11.5 Å². The van der Waals surface area contributed by atoms with Crippen molar-refractivity contribution in [3.05, 3.63) is 59.8 Å². The van der Waals surface area contributed by atoms with Crippen LogP contribution >= 0.6 is 0 Å². The summed E-state index contributed by atoms with van der Waals surface area (Å²) in [4.78, 5) is 4.43. The molecule has 1 atom stereocenters. The normalized spacial score (nSPS) is 12.1. The molecule has 2 aromatic rings. The Hall–Kier alpha value is -1.83. The summed E-state index contributed by atoms with van der Waals surface area (Å²) in [6.45, 7) is 4.14. The van der Waals surface area contributed by atoms with Crippen molar-refractivity contribution in [2.75, 3.05) is 5.32 Å². The van der Waals surface area contributed by atoms with Crippen molar-refractivity contribution >= 4 is 5.82 Å². The lowest BCUT2D eigenvalue weighted by Crippen LogP contribution is -2.07. The first-order valence-corrected chi connectivity index (χ1v) is 5.51. The van der Waals surface area contributed by atoms with E-state index in [2.05, 4.69) is 41.5 Å². The Morgan fingerprint density at radius 3 is 2.44 bits per heavy atom. The largest absolute Gasteiger partial charge is 0.364 e. The average Bonchev–Trinajstić information content (AvgIpc) is 2.30. The van der Waals surface area contributed by atoms with Crippen molar-refractivity contribution in [1.29, 1.82) is 0 Å². The fraction of sp³-hybridized carbons (Fsp3) is 0.214. The third-order valence-electron chi connectivity index (χ3n) is 2.55. The van der Waals surface area contributed by atoms with Gasteiger partial charge in [0.1, 0.15) is 5.82 Å². The molecule has 0 aliphatic carbocycles. The highest BCUT2D eigenvalue weighted by Crippen LogP contribution is 2.17. The van der Waals surface area contributed by atoms with Crippen LogP contribution in [-0.2, 0) is 0 Å². The Bertz CT molecular complexity index is 451. The van der Waals surface area contributed by atoms with E-state index in [1.165, 1.54) is 5.56 Å². The number of anilines is 1. The number of benzene rings is 1. The number of aromatic nitrogens is 1. The molecule has 2 rings (SSSR count). The summed E-state index contributed by atoms with van der Waals surface area (Å²) >= 11 is 0. The van der Waals surface area contributed by atoms with Gasteiger partial charge in [-0.3, -0.25) is 0 Å². The minimum atomic E-state index is 0.274. The van der Waals surface area contributed by atoms with Gasteiger partial charge in [0.25, 0.3) is 0 Å². The van der Waals surface area contributed by atoms with E-state index < -0.39 is 0 Å². The van der Waals surface area contributed by atoms with Crippen molar-refractivity contribution < 1.29 is 0 Å². The Labute approximate surface area is 96.4 Å². The lowest BCUT2D eigenvalue weighted by Gasteiger charge is -2.14. The molecule has 0 unspecified atom stereocenters. The Balaban J connectivity index is 2.11. The quantitative estimate of drug-likeness (QED) is 0.841. The van der Waals surface area contributed by atoms with Gasteiger partial charge in [0.2, 0.25) is 0 Å². The molecule has 82 valence electrons. The summed E-state index contributed by atoms with van der Waals surface area (Å²) in [5.74, 6) is 0.927. The number of hydrogen-bond donors (Lipinski definition) is 1. The predicted octanol–water partition coefficient (Wildman–Crippen LogP) is 3.56. The van der Waals surface area contributed by atoms with E-state index >= 15 is 0 Å². The lowest BCUT2D eigenvalue weighted by molar-refractivity contribution is 0.872. The molecule has 0 aliphatic rings. The summed E-state index contributed by atoms with van der Waals surface area (Å²) in [6, 6.07) is 16.7. The smallest absolute Gasteiger partial charge is 0.126 e. The molecule has 0 spiro atoms. The van der Waals surface area contributed by atoms with Gasteiger partial charge in [-0.25, -0.2) is 4.98 Å². The van der Waals surface area contributed by atoms with Crippen molar-refractivity contribution in [2.24, 2.45) is 0 Å². The summed E-state index contributed by atoms with van der Waals surface area (Å²) < 4.78 is 0. The van der Waals surface area contributed by atoms with Gasteiger partial charge in [-0.05, 0) is 31.5 Å². The van der Waals surface area contributed by atoms with Gasteiger partial charge in [-0.1, -0.05) is 36.4 Å². The van der Waals surface area contributed by atoms with Gasteiger partial charge in [-0.15, -0.1) is 0 Å². The molecular weight excluding hydrogens is 196 g/mol. The van der Waals surface area contributed by atoms with Crippen LogP contribution in [0.25, 0.3) is 0 Å². The minimum absolute atomic E-state index is 0.274. The van der Waals surface area contributed by atoms with Crippen LogP contribution in [0.2, 0.25) is 0 Å². The van der Waals surface area contributed by atoms with E-state index in [4.69, 9.17) is 0 Å². The van der Waals surface area contributed by atoms with E-state index in [1.54, 1.807) is 0 Å². The SMILES string of the molecule is Cc1cccc(N[C@H](C)c2ccccc2)n1. The molecule has 0 saturated carbocycles. The van der Waals surface area contributed by atoms with Crippen LogP contribution in [0, 0.1) is 6.92 Å². The van der Waals surface area contributed by atoms with E-state index in [1.807, 2.05) is 31.2 Å². The van der Waals surface area contributed by atoms with E-state index in [9.17, 15) is 0 Å². The zero-order valence-electron chi connectivity index (χ0n) is 9.64. The summed E-state index contributed by atoms with van der Waals surface area (Å²) in [7, 11) is 0.